The molecule has 63 heavy (non-hydrogen) atoms. The average molecular weight is 801 g/mol. The van der Waals surface area contributed by atoms with Crippen LogP contribution in [-0.4, -0.2) is 15.8 Å². The smallest absolute Gasteiger partial charge is 0.252 e. The third-order valence-electron chi connectivity index (χ3n) is 15.9. The summed E-state index contributed by atoms with van der Waals surface area (Å²) in [5.41, 5.74) is 27.7. The van der Waals surface area contributed by atoms with Crippen LogP contribution in [-0.2, 0) is 10.8 Å². The lowest BCUT2D eigenvalue weighted by Gasteiger charge is -2.34. The molecule has 15 rings (SSSR count). The zero-order valence-electron chi connectivity index (χ0n) is 35.7. The summed E-state index contributed by atoms with van der Waals surface area (Å²) in [4.78, 5) is 0. The molecular formula is C60H41BN2. The monoisotopic (exact) mass is 800 g/mol. The van der Waals surface area contributed by atoms with Crippen molar-refractivity contribution < 1.29 is 0 Å². The fourth-order valence-corrected chi connectivity index (χ4v) is 13.0. The second-order valence-electron chi connectivity index (χ2n) is 19.6. The summed E-state index contributed by atoms with van der Waals surface area (Å²) < 4.78 is 5.33. The summed E-state index contributed by atoms with van der Waals surface area (Å²) in [6.07, 6.45) is 0. The van der Waals surface area contributed by atoms with Crippen molar-refractivity contribution in [3.05, 3.63) is 198 Å². The molecule has 0 atom stereocenters. The van der Waals surface area contributed by atoms with Crippen molar-refractivity contribution in [1.29, 1.82) is 0 Å². The van der Waals surface area contributed by atoms with Gasteiger partial charge in [0.05, 0.1) is 11.0 Å². The van der Waals surface area contributed by atoms with Gasteiger partial charge in [0.25, 0.3) is 6.71 Å². The van der Waals surface area contributed by atoms with Crippen LogP contribution in [0, 0.1) is 0 Å². The maximum Gasteiger partial charge on any atom is 0.252 e. The largest absolute Gasteiger partial charge is 0.310 e. The van der Waals surface area contributed by atoms with Crippen molar-refractivity contribution in [2.24, 2.45) is 0 Å². The maximum absolute atomic E-state index is 2.67. The molecule has 2 nitrogen and oxygen atoms in total. The van der Waals surface area contributed by atoms with E-state index in [0.29, 0.717) is 0 Å². The van der Waals surface area contributed by atoms with Gasteiger partial charge in [-0.15, -0.1) is 0 Å². The summed E-state index contributed by atoms with van der Waals surface area (Å²) in [5, 5.41) is 5.28. The Labute approximate surface area is 366 Å². The minimum absolute atomic E-state index is 0.0383. The molecular weight excluding hydrogens is 759 g/mol. The molecule has 0 saturated carbocycles. The summed E-state index contributed by atoms with van der Waals surface area (Å²) in [6.45, 7) is 9.66. The van der Waals surface area contributed by atoms with Crippen LogP contribution in [0.4, 0.5) is 0 Å². The Hall–Kier alpha value is -7.36. The second kappa shape index (κ2) is 11.4. The molecule has 4 aliphatic rings. The Morgan fingerprint density at radius 3 is 1.41 bits per heavy atom. The first-order valence-electron chi connectivity index (χ1n) is 22.5. The standard InChI is InChI=1S/C60H41BN2/c1-59(2)46-23-13-11-20-38(46)41-30-43-40-22-15-25-50-57(40)62(52(43)32-48(41)59)54-28-37(35-18-9-6-10-19-35)29-55-56(54)61(50)51-27-36(34-16-7-5-8-17-34)26-45-44-31-42-39-21-12-14-24-47(39)60(3,4)49(42)33-53(44)63(55)58(45)51/h5-33H,1-4H3. The van der Waals surface area contributed by atoms with Gasteiger partial charge in [0, 0.05) is 54.8 Å². The van der Waals surface area contributed by atoms with Gasteiger partial charge in [-0.05, 0) is 126 Å². The number of hydrogen-bond acceptors (Lipinski definition) is 0. The molecule has 2 aliphatic heterocycles. The van der Waals surface area contributed by atoms with E-state index < -0.39 is 0 Å². The van der Waals surface area contributed by atoms with Crippen LogP contribution in [0.5, 0.6) is 0 Å². The Kier molecular flexibility index (Phi) is 6.18. The first kappa shape index (κ1) is 34.3. The van der Waals surface area contributed by atoms with Gasteiger partial charge in [-0.3, -0.25) is 0 Å². The number of para-hydroxylation sites is 1. The highest BCUT2D eigenvalue weighted by molar-refractivity contribution is 7.00. The van der Waals surface area contributed by atoms with Gasteiger partial charge in [0.1, 0.15) is 0 Å². The lowest BCUT2D eigenvalue weighted by molar-refractivity contribution is 0.661. The molecule has 4 heterocycles. The molecule has 9 aromatic carbocycles. The van der Waals surface area contributed by atoms with Crippen LogP contribution >= 0.6 is 0 Å². The van der Waals surface area contributed by atoms with Crippen LogP contribution in [0.15, 0.2) is 176 Å². The Morgan fingerprint density at radius 2 is 0.841 bits per heavy atom. The zero-order valence-corrected chi connectivity index (χ0v) is 35.7. The summed E-state index contributed by atoms with van der Waals surface area (Å²) in [7, 11) is 0. The number of hydrogen-bond donors (Lipinski definition) is 0. The van der Waals surface area contributed by atoms with E-state index in [0.717, 1.165) is 0 Å². The van der Waals surface area contributed by atoms with Crippen LogP contribution in [0.3, 0.4) is 0 Å². The van der Waals surface area contributed by atoms with Gasteiger partial charge in [-0.2, -0.15) is 0 Å². The molecule has 3 heteroatoms. The highest BCUT2D eigenvalue weighted by atomic mass is 15.0. The third kappa shape index (κ3) is 4.08. The Balaban J connectivity index is 1.13. The Morgan fingerprint density at radius 1 is 0.349 bits per heavy atom. The van der Waals surface area contributed by atoms with Crippen LogP contribution in [0.25, 0.3) is 99.5 Å². The second-order valence-corrected chi connectivity index (χ2v) is 19.6. The molecule has 0 fully saturated rings. The van der Waals surface area contributed by atoms with E-state index >= 15 is 0 Å². The highest BCUT2D eigenvalue weighted by Gasteiger charge is 2.44. The first-order valence-corrected chi connectivity index (χ1v) is 22.5. The third-order valence-corrected chi connectivity index (χ3v) is 15.9. The quantitative estimate of drug-likeness (QED) is 0.154. The van der Waals surface area contributed by atoms with Crippen molar-refractivity contribution in [2.45, 2.75) is 38.5 Å². The van der Waals surface area contributed by atoms with E-state index in [2.05, 4.69) is 213 Å². The molecule has 2 aliphatic carbocycles. The minimum Gasteiger partial charge on any atom is -0.310 e. The van der Waals surface area contributed by atoms with Crippen LogP contribution in [0.1, 0.15) is 49.9 Å². The topological polar surface area (TPSA) is 9.86 Å². The SMILES string of the molecule is CC1(C)c2ccccc2-c2cc3c4cccc5c4n(c3cc21)-c1cc(-c2ccccc2)cc2c1B5c1cc(-c3ccccc3)cc3c4cc5c(cc4n-2c13)C(C)(C)c1ccccc1-5. The summed E-state index contributed by atoms with van der Waals surface area (Å²) in [5.74, 6) is 0. The van der Waals surface area contributed by atoms with E-state index in [1.54, 1.807) is 0 Å². The number of aromatic nitrogens is 2. The number of nitrogens with zero attached hydrogens (tertiary/aromatic N) is 2. The van der Waals surface area contributed by atoms with E-state index in [4.69, 9.17) is 0 Å². The highest BCUT2D eigenvalue weighted by Crippen LogP contribution is 2.53. The molecule has 11 aromatic rings. The van der Waals surface area contributed by atoms with E-state index in [9.17, 15) is 0 Å². The lowest BCUT2D eigenvalue weighted by atomic mass is 9.34. The average Bonchev–Trinajstić information content (AvgIpc) is 3.97. The molecule has 0 bridgehead atoms. The van der Waals surface area contributed by atoms with E-state index in [1.165, 1.54) is 138 Å². The van der Waals surface area contributed by atoms with Crippen molar-refractivity contribution in [2.75, 3.05) is 0 Å². The van der Waals surface area contributed by atoms with Gasteiger partial charge in [0.2, 0.25) is 0 Å². The predicted molar refractivity (Wildman–Crippen MR) is 266 cm³/mol. The molecule has 0 radical (unpaired) electrons. The van der Waals surface area contributed by atoms with Gasteiger partial charge >= 0.3 is 0 Å². The normalized spacial score (nSPS) is 15.2. The zero-order chi connectivity index (χ0) is 41.7. The van der Waals surface area contributed by atoms with Gasteiger partial charge in [0.15, 0.2) is 0 Å². The fourth-order valence-electron chi connectivity index (χ4n) is 13.0. The first-order chi connectivity index (χ1) is 30.8. The lowest BCUT2D eigenvalue weighted by Crippen LogP contribution is -2.59. The van der Waals surface area contributed by atoms with Crippen molar-refractivity contribution >= 4 is 66.7 Å². The van der Waals surface area contributed by atoms with Crippen LogP contribution < -0.4 is 16.4 Å². The fraction of sp³-hybridized carbons (Fsp3) is 0.100. The maximum atomic E-state index is 2.67. The molecule has 294 valence electrons. The molecule has 0 saturated heterocycles. The number of benzene rings is 9. The minimum atomic E-state index is -0.125. The van der Waals surface area contributed by atoms with Crippen LogP contribution in [0.2, 0.25) is 0 Å². The molecule has 0 N–H and O–H groups in total. The molecule has 0 amide bonds. The number of rotatable bonds is 2. The van der Waals surface area contributed by atoms with E-state index in [-0.39, 0.29) is 17.5 Å². The summed E-state index contributed by atoms with van der Waals surface area (Å²) in [6, 6.07) is 67.5. The predicted octanol–water partition coefficient (Wildman–Crippen LogP) is 13.0. The van der Waals surface area contributed by atoms with Gasteiger partial charge < -0.3 is 9.13 Å². The van der Waals surface area contributed by atoms with Gasteiger partial charge in [-0.1, -0.05) is 161 Å². The molecule has 2 aromatic heterocycles. The van der Waals surface area contributed by atoms with Crippen molar-refractivity contribution in [3.8, 4) is 55.9 Å². The van der Waals surface area contributed by atoms with Crippen molar-refractivity contribution in [1.82, 2.24) is 9.13 Å². The summed E-state index contributed by atoms with van der Waals surface area (Å²) >= 11 is 0. The molecule has 0 spiro atoms. The Bertz CT molecular complexity index is 3900. The van der Waals surface area contributed by atoms with Gasteiger partial charge in [-0.25, -0.2) is 0 Å². The van der Waals surface area contributed by atoms with Crippen molar-refractivity contribution in [3.63, 3.8) is 0 Å². The number of fused-ring (bicyclic) bond motifs is 16. The van der Waals surface area contributed by atoms with E-state index in [1.807, 2.05) is 0 Å². The molecule has 0 unspecified atom stereocenters.